The molecule has 1 saturated carbocycles. The zero-order valence-corrected chi connectivity index (χ0v) is 32.0. The topological polar surface area (TPSA) is 77.2 Å². The van der Waals surface area contributed by atoms with E-state index in [1.54, 1.807) is 35.2 Å². The molecule has 1 saturated heterocycles. The molecule has 9 nitrogen and oxygen atoms in total. The molecule has 9 rings (SSSR count). The van der Waals surface area contributed by atoms with Crippen LogP contribution in [0.3, 0.4) is 0 Å². The summed E-state index contributed by atoms with van der Waals surface area (Å²) in [7, 11) is 4.16. The van der Waals surface area contributed by atoms with E-state index >= 15 is 4.79 Å². The Kier molecular flexibility index (Phi) is 9.24. The van der Waals surface area contributed by atoms with Gasteiger partial charge in [0.05, 0.1) is 11.6 Å². The first-order valence-electron chi connectivity index (χ1n) is 19.2. The molecule has 4 heterocycles. The van der Waals surface area contributed by atoms with Gasteiger partial charge < -0.3 is 24.0 Å². The summed E-state index contributed by atoms with van der Waals surface area (Å²) in [5.74, 6) is -0.118. The van der Waals surface area contributed by atoms with Crippen LogP contribution in [-0.2, 0) is 13.5 Å². The fourth-order valence-electron chi connectivity index (χ4n) is 8.43. The van der Waals surface area contributed by atoms with Gasteiger partial charge in [-0.1, -0.05) is 35.9 Å². The number of aromatic hydroxyl groups is 1. The molecule has 2 amide bonds. The summed E-state index contributed by atoms with van der Waals surface area (Å²) in [4.78, 5) is 38.5. The van der Waals surface area contributed by atoms with Crippen molar-refractivity contribution in [1.82, 2.24) is 23.8 Å². The number of hydrogen-bond donors (Lipinski definition) is 1. The monoisotopic (exact) mass is 752 g/mol. The van der Waals surface area contributed by atoms with Crippen LogP contribution < -0.4 is 4.90 Å². The summed E-state index contributed by atoms with van der Waals surface area (Å²) in [6, 6.07) is 30.9. The second-order valence-electron chi connectivity index (χ2n) is 15.3. The molecular weight excluding hydrogens is 708 g/mol. The summed E-state index contributed by atoms with van der Waals surface area (Å²) in [6.07, 6.45) is 6.71. The summed E-state index contributed by atoms with van der Waals surface area (Å²) in [6.45, 7) is 5.35. The van der Waals surface area contributed by atoms with Crippen molar-refractivity contribution in [2.24, 2.45) is 7.05 Å². The van der Waals surface area contributed by atoms with E-state index in [9.17, 15) is 9.90 Å². The molecule has 0 bridgehead atoms. The van der Waals surface area contributed by atoms with Crippen LogP contribution in [0.5, 0.6) is 5.75 Å². The fourth-order valence-corrected chi connectivity index (χ4v) is 8.60. The van der Waals surface area contributed by atoms with E-state index in [1.165, 1.54) is 11.1 Å². The van der Waals surface area contributed by atoms with Gasteiger partial charge >= 0.3 is 0 Å². The number of aromatic nitrogens is 2. The van der Waals surface area contributed by atoms with E-state index in [4.69, 9.17) is 11.6 Å². The maximum atomic E-state index is 15.0. The Morgan fingerprint density at radius 1 is 0.836 bits per heavy atom. The Morgan fingerprint density at radius 2 is 1.60 bits per heavy atom. The maximum Gasteiger partial charge on any atom is 0.264 e. The van der Waals surface area contributed by atoms with Crippen LogP contribution in [0.1, 0.15) is 56.8 Å². The number of aryl methyl sites for hydroxylation is 1. The lowest BCUT2D eigenvalue weighted by atomic mass is 9.90. The van der Waals surface area contributed by atoms with Crippen molar-refractivity contribution in [1.29, 1.82) is 0 Å². The van der Waals surface area contributed by atoms with Crippen LogP contribution >= 0.6 is 11.6 Å². The minimum absolute atomic E-state index is 0.0291. The third-order valence-corrected chi connectivity index (χ3v) is 11.9. The average molecular weight is 753 g/mol. The number of rotatable bonds is 8. The fraction of sp³-hybridized carbons (Fsp3) is 0.289. The van der Waals surface area contributed by atoms with Gasteiger partial charge in [0.2, 0.25) is 0 Å². The van der Waals surface area contributed by atoms with Crippen molar-refractivity contribution in [2.75, 3.05) is 51.2 Å². The van der Waals surface area contributed by atoms with Gasteiger partial charge in [-0.05, 0) is 110 Å². The van der Waals surface area contributed by atoms with Crippen LogP contribution in [0.4, 0.5) is 11.4 Å². The van der Waals surface area contributed by atoms with E-state index in [0.717, 1.165) is 74.1 Å². The number of likely N-dealkylation sites (N-methyl/N-ethyl adjacent to an activating group) is 1. The molecule has 6 aromatic rings. The number of hydrogen-bond acceptors (Lipinski definition) is 5. The van der Waals surface area contributed by atoms with Crippen LogP contribution in [0.25, 0.3) is 22.2 Å². The third-order valence-electron chi connectivity index (χ3n) is 11.7. The Labute approximate surface area is 326 Å². The number of carbonyl (C=O) groups excluding carboxylic acids is 2. The van der Waals surface area contributed by atoms with Gasteiger partial charge in [-0.15, -0.1) is 0 Å². The second-order valence-corrected chi connectivity index (χ2v) is 15.8. The number of carbonyl (C=O) groups is 2. The molecule has 0 spiro atoms. The lowest BCUT2D eigenvalue weighted by Crippen LogP contribution is -2.50. The van der Waals surface area contributed by atoms with Crippen molar-refractivity contribution in [2.45, 2.75) is 31.3 Å². The number of phenolic OH excluding ortho intramolecular Hbond substituents is 1. The number of amides is 2. The molecule has 3 aliphatic rings. The van der Waals surface area contributed by atoms with E-state index in [2.05, 4.69) is 55.1 Å². The number of phenols is 1. The highest BCUT2D eigenvalue weighted by atomic mass is 35.5. The number of nitrogens with zero attached hydrogens (tertiary/aromatic N) is 6. The Balaban J connectivity index is 1.11. The molecule has 1 aliphatic carbocycles. The number of piperazine rings is 1. The third kappa shape index (κ3) is 6.81. The largest absolute Gasteiger partial charge is 0.508 e. The van der Waals surface area contributed by atoms with E-state index < -0.39 is 0 Å². The molecule has 2 fully saturated rings. The van der Waals surface area contributed by atoms with Crippen LogP contribution in [0, 0.1) is 0 Å². The molecule has 1 N–H and O–H groups in total. The number of fused-ring (bicyclic) bond motifs is 2. The van der Waals surface area contributed by atoms with E-state index in [1.807, 2.05) is 61.9 Å². The van der Waals surface area contributed by atoms with E-state index in [0.29, 0.717) is 34.1 Å². The van der Waals surface area contributed by atoms with Gasteiger partial charge in [0.25, 0.3) is 11.8 Å². The van der Waals surface area contributed by atoms with Gasteiger partial charge in [0.1, 0.15) is 5.75 Å². The molecular formula is C45H45ClN6O3. The van der Waals surface area contributed by atoms with Gasteiger partial charge in [0.15, 0.2) is 0 Å². The summed E-state index contributed by atoms with van der Waals surface area (Å²) in [5.41, 5.74) is 7.53. The molecule has 10 heteroatoms. The molecule has 2 aromatic heterocycles. The molecule has 2 aliphatic heterocycles. The van der Waals surface area contributed by atoms with Crippen LogP contribution in [-0.4, -0.2) is 87.1 Å². The molecule has 0 radical (unpaired) electrons. The standard InChI is InChI=1S/C45H45ClN6O3/c1-47-21-23-49(24-22-47)29-43-38-6-4-3-5-30(38)18-20-50(43)45(55)39-15-7-33(46)27-40(39)42-26-32(28-51(42)34-8-9-34)44(54)52(35-10-13-37(53)14-11-35)36-12-16-41-31(25-36)17-19-48(41)2/h3-7,10-17,19,25-28,34,43,53H,8-9,18,20-24,29H2,1-2H3. The molecule has 1 unspecified atom stereocenters. The highest BCUT2D eigenvalue weighted by Gasteiger charge is 2.36. The summed E-state index contributed by atoms with van der Waals surface area (Å²) in [5, 5.41) is 11.7. The second kappa shape index (κ2) is 14.4. The van der Waals surface area contributed by atoms with Gasteiger partial charge in [-0.25, -0.2) is 0 Å². The zero-order chi connectivity index (χ0) is 37.8. The van der Waals surface area contributed by atoms with Crippen LogP contribution in [0.15, 0.2) is 109 Å². The van der Waals surface area contributed by atoms with Crippen molar-refractivity contribution in [3.63, 3.8) is 0 Å². The number of benzene rings is 4. The van der Waals surface area contributed by atoms with Gasteiger partial charge in [-0.2, -0.15) is 0 Å². The highest BCUT2D eigenvalue weighted by Crippen LogP contribution is 2.43. The van der Waals surface area contributed by atoms with Gasteiger partial charge in [0, 0.05) is 109 Å². The number of halogens is 1. The van der Waals surface area contributed by atoms with Gasteiger partial charge in [-0.3, -0.25) is 19.4 Å². The first-order valence-corrected chi connectivity index (χ1v) is 19.6. The molecule has 280 valence electrons. The van der Waals surface area contributed by atoms with Crippen molar-refractivity contribution in [3.8, 4) is 17.0 Å². The number of anilines is 2. The minimum Gasteiger partial charge on any atom is -0.508 e. The quantitative estimate of drug-likeness (QED) is 0.169. The lowest BCUT2D eigenvalue weighted by Gasteiger charge is -2.42. The Morgan fingerprint density at radius 3 is 2.38 bits per heavy atom. The molecule has 1 atom stereocenters. The van der Waals surface area contributed by atoms with Crippen LogP contribution in [0.2, 0.25) is 5.02 Å². The van der Waals surface area contributed by atoms with Crippen molar-refractivity contribution >= 4 is 45.7 Å². The Hall–Kier alpha value is -5.35. The maximum absolute atomic E-state index is 15.0. The van der Waals surface area contributed by atoms with Crippen molar-refractivity contribution in [3.05, 3.63) is 137 Å². The molecule has 4 aromatic carbocycles. The SMILES string of the molecule is CN1CCN(CC2c3ccccc3CCN2C(=O)c2ccc(Cl)cc2-c2cc(C(=O)N(c3ccc(O)cc3)c3ccc4c(ccn4C)c3)cn2C2CC2)CC1. The zero-order valence-electron chi connectivity index (χ0n) is 31.2. The smallest absolute Gasteiger partial charge is 0.264 e. The predicted octanol–water partition coefficient (Wildman–Crippen LogP) is 8.31. The van der Waals surface area contributed by atoms with E-state index in [-0.39, 0.29) is 29.6 Å². The predicted molar refractivity (Wildman–Crippen MR) is 219 cm³/mol. The first kappa shape index (κ1) is 35.4. The lowest BCUT2D eigenvalue weighted by molar-refractivity contribution is 0.0559. The minimum atomic E-state index is -0.212. The normalized spacial score (nSPS) is 17.7. The average Bonchev–Trinajstić information content (AvgIpc) is 3.84. The Bertz CT molecular complexity index is 2410. The summed E-state index contributed by atoms with van der Waals surface area (Å²) >= 11 is 6.74. The summed E-state index contributed by atoms with van der Waals surface area (Å²) < 4.78 is 4.22. The first-order chi connectivity index (χ1) is 26.7. The molecule has 55 heavy (non-hydrogen) atoms. The highest BCUT2D eigenvalue weighted by molar-refractivity contribution is 6.31. The van der Waals surface area contributed by atoms with Crippen molar-refractivity contribution < 1.29 is 14.7 Å².